The summed E-state index contributed by atoms with van der Waals surface area (Å²) in [5.41, 5.74) is 0.231. The molecule has 1 fully saturated rings. The van der Waals surface area contributed by atoms with E-state index in [-0.39, 0.29) is 23.3 Å². The maximum atomic E-state index is 14.0. The van der Waals surface area contributed by atoms with Crippen LogP contribution in [0.15, 0.2) is 34.9 Å². The molecule has 0 unspecified atom stereocenters. The lowest BCUT2D eigenvalue weighted by atomic mass is 10.0. The molecule has 1 aliphatic heterocycles. The van der Waals surface area contributed by atoms with Gasteiger partial charge in [-0.3, -0.25) is 4.79 Å². The Hall–Kier alpha value is -3.14. The number of amides is 1. The van der Waals surface area contributed by atoms with Crippen LogP contribution in [-0.4, -0.2) is 56.3 Å². The number of rotatable bonds is 5. The Balaban J connectivity index is 1.57. The van der Waals surface area contributed by atoms with Gasteiger partial charge >= 0.3 is 0 Å². The maximum Gasteiger partial charge on any atom is 0.275 e. The van der Waals surface area contributed by atoms with Crippen LogP contribution >= 0.6 is 0 Å². The lowest BCUT2D eigenvalue weighted by Crippen LogP contribution is -2.39. The molecule has 3 heterocycles. The van der Waals surface area contributed by atoms with Crippen LogP contribution in [0.4, 0.5) is 8.78 Å². The summed E-state index contributed by atoms with van der Waals surface area (Å²) in [6, 6.07) is 4.38. The van der Waals surface area contributed by atoms with E-state index in [9.17, 15) is 13.6 Å². The van der Waals surface area contributed by atoms with Crippen molar-refractivity contribution in [2.45, 2.75) is 31.8 Å². The topological polar surface area (TPSA) is 80.3 Å². The highest BCUT2D eigenvalue weighted by molar-refractivity contribution is 5.92. The van der Waals surface area contributed by atoms with Crippen LogP contribution in [0.1, 0.15) is 47.6 Å². The SMILES string of the molecule is CN(C)Cc1nnc([C@H]2CCCCN2C(=O)c2ccn(-c3ccc(F)cc3F)n2)o1. The molecule has 1 aliphatic rings. The van der Waals surface area contributed by atoms with Crippen molar-refractivity contribution in [3.63, 3.8) is 0 Å². The van der Waals surface area contributed by atoms with Gasteiger partial charge < -0.3 is 14.2 Å². The monoisotopic (exact) mass is 416 g/mol. The molecule has 8 nitrogen and oxygen atoms in total. The van der Waals surface area contributed by atoms with Crippen molar-refractivity contribution in [3.8, 4) is 5.69 Å². The van der Waals surface area contributed by atoms with E-state index in [1.165, 1.54) is 23.0 Å². The summed E-state index contributed by atoms with van der Waals surface area (Å²) < 4.78 is 34.2. The largest absolute Gasteiger partial charge is 0.422 e. The van der Waals surface area contributed by atoms with Gasteiger partial charge in [-0.15, -0.1) is 10.2 Å². The van der Waals surface area contributed by atoms with E-state index in [0.29, 0.717) is 31.3 Å². The number of carbonyl (C=O) groups excluding carboxylic acids is 1. The Morgan fingerprint density at radius 1 is 1.23 bits per heavy atom. The summed E-state index contributed by atoms with van der Waals surface area (Å²) in [5, 5.41) is 12.4. The average Bonchev–Trinajstić information content (AvgIpc) is 3.37. The van der Waals surface area contributed by atoms with E-state index in [4.69, 9.17) is 4.42 Å². The first-order valence-electron chi connectivity index (χ1n) is 9.71. The summed E-state index contributed by atoms with van der Waals surface area (Å²) in [6.45, 7) is 1.05. The number of nitrogens with zero attached hydrogens (tertiary/aromatic N) is 6. The van der Waals surface area contributed by atoms with Gasteiger partial charge in [-0.1, -0.05) is 0 Å². The van der Waals surface area contributed by atoms with E-state index in [2.05, 4.69) is 15.3 Å². The molecule has 0 bridgehead atoms. The first-order chi connectivity index (χ1) is 14.4. The van der Waals surface area contributed by atoms with E-state index >= 15 is 0 Å². The van der Waals surface area contributed by atoms with Gasteiger partial charge in [0.25, 0.3) is 5.91 Å². The highest BCUT2D eigenvalue weighted by Crippen LogP contribution is 2.31. The first kappa shape index (κ1) is 20.1. The van der Waals surface area contributed by atoms with Crippen molar-refractivity contribution in [1.82, 2.24) is 29.8 Å². The van der Waals surface area contributed by atoms with E-state index in [1.807, 2.05) is 19.0 Å². The van der Waals surface area contributed by atoms with Crippen molar-refractivity contribution < 1.29 is 18.0 Å². The van der Waals surface area contributed by atoms with E-state index in [1.54, 1.807) is 4.90 Å². The van der Waals surface area contributed by atoms with Crippen LogP contribution in [0.5, 0.6) is 0 Å². The maximum absolute atomic E-state index is 14.0. The van der Waals surface area contributed by atoms with Crippen molar-refractivity contribution in [1.29, 1.82) is 0 Å². The Morgan fingerprint density at radius 2 is 2.07 bits per heavy atom. The van der Waals surface area contributed by atoms with Crippen LogP contribution in [0.3, 0.4) is 0 Å². The van der Waals surface area contributed by atoms with Gasteiger partial charge in [0.1, 0.15) is 17.5 Å². The normalized spacial score (nSPS) is 17.0. The number of carbonyl (C=O) groups is 1. The predicted molar refractivity (Wildman–Crippen MR) is 103 cm³/mol. The molecule has 4 rings (SSSR count). The van der Waals surface area contributed by atoms with Gasteiger partial charge in [0.2, 0.25) is 11.8 Å². The van der Waals surface area contributed by atoms with Gasteiger partial charge in [-0.2, -0.15) is 5.10 Å². The molecule has 30 heavy (non-hydrogen) atoms. The van der Waals surface area contributed by atoms with Crippen molar-refractivity contribution in [2.75, 3.05) is 20.6 Å². The molecule has 158 valence electrons. The van der Waals surface area contributed by atoms with Crippen molar-refractivity contribution in [2.24, 2.45) is 0 Å². The fourth-order valence-electron chi connectivity index (χ4n) is 3.55. The molecule has 0 aliphatic carbocycles. The molecular formula is C20H22F2N6O2. The molecule has 0 N–H and O–H groups in total. The van der Waals surface area contributed by atoms with Crippen LogP contribution in [0, 0.1) is 11.6 Å². The van der Waals surface area contributed by atoms with Crippen LogP contribution < -0.4 is 0 Å². The Labute approximate surface area is 172 Å². The summed E-state index contributed by atoms with van der Waals surface area (Å²) in [6.07, 6.45) is 3.98. The highest BCUT2D eigenvalue weighted by atomic mass is 19.1. The fraction of sp³-hybridized carbons (Fsp3) is 0.400. The summed E-state index contributed by atoms with van der Waals surface area (Å²) in [7, 11) is 3.81. The Morgan fingerprint density at radius 3 is 2.83 bits per heavy atom. The quantitative estimate of drug-likeness (QED) is 0.636. The number of likely N-dealkylation sites (tertiary alicyclic amines) is 1. The molecule has 10 heteroatoms. The van der Waals surface area contributed by atoms with Gasteiger partial charge in [0, 0.05) is 18.8 Å². The van der Waals surface area contributed by atoms with Crippen LogP contribution in [0.25, 0.3) is 5.69 Å². The average molecular weight is 416 g/mol. The van der Waals surface area contributed by atoms with Crippen LogP contribution in [-0.2, 0) is 6.54 Å². The highest BCUT2D eigenvalue weighted by Gasteiger charge is 2.33. The number of aromatic nitrogens is 4. The van der Waals surface area contributed by atoms with E-state index in [0.717, 1.165) is 25.0 Å². The lowest BCUT2D eigenvalue weighted by Gasteiger charge is -2.33. The summed E-state index contributed by atoms with van der Waals surface area (Å²) in [4.78, 5) is 16.7. The Bertz CT molecular complexity index is 1050. The zero-order valence-corrected chi connectivity index (χ0v) is 16.8. The molecular weight excluding hydrogens is 394 g/mol. The Kier molecular flexibility index (Phi) is 5.58. The first-order valence-corrected chi connectivity index (χ1v) is 9.71. The van der Waals surface area contributed by atoms with E-state index < -0.39 is 11.6 Å². The number of benzene rings is 1. The third-order valence-electron chi connectivity index (χ3n) is 4.95. The minimum atomic E-state index is -0.757. The molecule has 2 aromatic heterocycles. The van der Waals surface area contributed by atoms with Gasteiger partial charge in [0.15, 0.2) is 11.5 Å². The second-order valence-electron chi connectivity index (χ2n) is 7.52. The predicted octanol–water partition coefficient (Wildman–Crippen LogP) is 2.96. The minimum absolute atomic E-state index is 0.0656. The van der Waals surface area contributed by atoms with Gasteiger partial charge in [-0.05, 0) is 51.6 Å². The van der Waals surface area contributed by atoms with Gasteiger partial charge in [0.05, 0.1) is 6.54 Å². The third kappa shape index (κ3) is 4.09. The number of hydrogen-bond donors (Lipinski definition) is 0. The zero-order valence-electron chi connectivity index (χ0n) is 16.8. The molecule has 0 spiro atoms. The number of halogens is 2. The second kappa shape index (κ2) is 8.31. The third-order valence-corrected chi connectivity index (χ3v) is 4.95. The standard InChI is InChI=1S/C20H22F2N6O2/c1-26(2)12-18-23-24-19(30-18)17-5-3-4-9-27(17)20(29)15-8-10-28(25-15)16-7-6-13(21)11-14(16)22/h6-8,10-11,17H,3-5,9,12H2,1-2H3/t17-/m1/s1. The lowest BCUT2D eigenvalue weighted by molar-refractivity contribution is 0.0562. The molecule has 1 saturated heterocycles. The molecule has 1 atom stereocenters. The molecule has 1 amide bonds. The van der Waals surface area contributed by atoms with Gasteiger partial charge in [-0.25, -0.2) is 13.5 Å². The zero-order chi connectivity index (χ0) is 21.3. The molecule has 0 radical (unpaired) electrons. The second-order valence-corrected chi connectivity index (χ2v) is 7.52. The molecule has 0 saturated carbocycles. The smallest absolute Gasteiger partial charge is 0.275 e. The summed E-state index contributed by atoms with van der Waals surface area (Å²) in [5.74, 6) is -0.836. The minimum Gasteiger partial charge on any atom is -0.422 e. The van der Waals surface area contributed by atoms with Crippen LogP contribution in [0.2, 0.25) is 0 Å². The number of hydrogen-bond acceptors (Lipinski definition) is 6. The fourth-order valence-corrected chi connectivity index (χ4v) is 3.55. The van der Waals surface area contributed by atoms with Crippen molar-refractivity contribution in [3.05, 3.63) is 59.6 Å². The number of piperidine rings is 1. The van der Waals surface area contributed by atoms with Crippen molar-refractivity contribution >= 4 is 5.91 Å². The summed E-state index contributed by atoms with van der Waals surface area (Å²) >= 11 is 0. The molecule has 1 aromatic carbocycles. The molecule has 3 aromatic rings.